The van der Waals surface area contributed by atoms with Crippen LogP contribution in [0.15, 0.2) is 70.9 Å². The molecule has 1 heterocycles. The molecule has 0 bridgehead atoms. The Morgan fingerprint density at radius 1 is 1.18 bits per heavy atom. The van der Waals surface area contributed by atoms with Gasteiger partial charge in [-0.1, -0.05) is 41.9 Å². The van der Waals surface area contributed by atoms with Gasteiger partial charge >= 0.3 is 0 Å². The standard InChI is InChI=1S/C24H20ClFN4O2S/c1-14-11-19(21(32-2)12-18(14)25)27-24(33)29-28-22-17-5-3-4-6-20(17)30(23(22)31)13-15-7-9-16(26)10-8-15/h3-12,31H,13H2,1-2H3,(H,27,33). The molecule has 168 valence electrons. The Kier molecular flexibility index (Phi) is 6.57. The molecule has 0 aliphatic heterocycles. The van der Waals surface area contributed by atoms with Gasteiger partial charge < -0.3 is 19.7 Å². The molecule has 4 rings (SSSR count). The van der Waals surface area contributed by atoms with Crippen LogP contribution in [0.2, 0.25) is 5.02 Å². The third-order valence-corrected chi connectivity index (χ3v) is 5.73. The van der Waals surface area contributed by atoms with Gasteiger partial charge in [0.2, 0.25) is 11.0 Å². The number of rotatable bonds is 5. The number of anilines is 1. The fourth-order valence-corrected chi connectivity index (χ4v) is 3.77. The number of benzene rings is 3. The first-order valence-corrected chi connectivity index (χ1v) is 10.8. The number of nitrogens with zero attached hydrogens (tertiary/aromatic N) is 3. The van der Waals surface area contributed by atoms with Crippen LogP contribution < -0.4 is 10.1 Å². The van der Waals surface area contributed by atoms with Gasteiger partial charge in [-0.05, 0) is 54.5 Å². The molecule has 1 aromatic heterocycles. The Morgan fingerprint density at radius 3 is 2.64 bits per heavy atom. The largest absolute Gasteiger partial charge is 0.495 e. The highest BCUT2D eigenvalue weighted by molar-refractivity contribution is 7.80. The number of thiocarbonyl (C=S) groups is 1. The molecule has 4 aromatic rings. The summed E-state index contributed by atoms with van der Waals surface area (Å²) in [6, 6.07) is 17.0. The monoisotopic (exact) mass is 482 g/mol. The summed E-state index contributed by atoms with van der Waals surface area (Å²) in [4.78, 5) is 0. The smallest absolute Gasteiger partial charge is 0.221 e. The van der Waals surface area contributed by atoms with Crippen LogP contribution in [0.3, 0.4) is 0 Å². The van der Waals surface area contributed by atoms with Crippen LogP contribution in [0.5, 0.6) is 11.6 Å². The first kappa shape index (κ1) is 22.7. The molecule has 2 N–H and O–H groups in total. The minimum atomic E-state index is -0.316. The molecule has 0 aliphatic rings. The van der Waals surface area contributed by atoms with E-state index in [9.17, 15) is 9.50 Å². The highest BCUT2D eigenvalue weighted by Gasteiger charge is 2.17. The molecule has 0 saturated heterocycles. The van der Waals surface area contributed by atoms with E-state index in [2.05, 4.69) is 15.5 Å². The fourth-order valence-electron chi connectivity index (χ4n) is 3.47. The van der Waals surface area contributed by atoms with Gasteiger partial charge in [0.1, 0.15) is 11.6 Å². The van der Waals surface area contributed by atoms with E-state index in [-0.39, 0.29) is 22.5 Å². The molecule has 6 nitrogen and oxygen atoms in total. The first-order valence-electron chi connectivity index (χ1n) is 9.99. The Hall–Kier alpha value is -3.49. The third kappa shape index (κ3) is 4.81. The quantitative estimate of drug-likeness (QED) is 0.237. The second-order valence-electron chi connectivity index (χ2n) is 7.33. The van der Waals surface area contributed by atoms with E-state index in [1.807, 2.05) is 31.2 Å². The van der Waals surface area contributed by atoms with Crippen LogP contribution in [-0.4, -0.2) is 21.9 Å². The summed E-state index contributed by atoms with van der Waals surface area (Å²) in [6.45, 7) is 2.21. The van der Waals surface area contributed by atoms with Gasteiger partial charge in [0.15, 0.2) is 5.69 Å². The van der Waals surface area contributed by atoms with Crippen molar-refractivity contribution in [2.24, 2.45) is 10.2 Å². The molecule has 0 aliphatic carbocycles. The van der Waals surface area contributed by atoms with Gasteiger partial charge in [-0.2, -0.15) is 0 Å². The molecule has 0 radical (unpaired) electrons. The zero-order chi connectivity index (χ0) is 23.5. The summed E-state index contributed by atoms with van der Waals surface area (Å²) in [5.74, 6) is 0.136. The Bertz CT molecular complexity index is 1370. The zero-order valence-electron chi connectivity index (χ0n) is 17.8. The van der Waals surface area contributed by atoms with Gasteiger partial charge in [-0.25, -0.2) is 4.39 Å². The second-order valence-corrected chi connectivity index (χ2v) is 8.13. The van der Waals surface area contributed by atoms with Crippen LogP contribution in [0, 0.1) is 12.7 Å². The lowest BCUT2D eigenvalue weighted by molar-refractivity contribution is 0.417. The van der Waals surface area contributed by atoms with Crippen molar-refractivity contribution >= 4 is 51.2 Å². The lowest BCUT2D eigenvalue weighted by atomic mass is 10.2. The number of aromatic nitrogens is 1. The van der Waals surface area contributed by atoms with E-state index < -0.39 is 0 Å². The van der Waals surface area contributed by atoms with Crippen LogP contribution in [0.1, 0.15) is 11.1 Å². The average Bonchev–Trinajstić information content (AvgIpc) is 3.07. The number of azo groups is 1. The van der Waals surface area contributed by atoms with Crippen LogP contribution in [0.4, 0.5) is 15.8 Å². The summed E-state index contributed by atoms with van der Waals surface area (Å²) in [7, 11) is 1.53. The molecule has 9 heteroatoms. The van der Waals surface area contributed by atoms with E-state index in [4.69, 9.17) is 28.6 Å². The summed E-state index contributed by atoms with van der Waals surface area (Å²) in [5, 5.41) is 23.6. The van der Waals surface area contributed by atoms with Crippen molar-refractivity contribution in [3.63, 3.8) is 0 Å². The minimum absolute atomic E-state index is 0.0630. The molecular weight excluding hydrogens is 463 g/mol. The van der Waals surface area contributed by atoms with E-state index in [1.165, 1.54) is 19.2 Å². The van der Waals surface area contributed by atoms with Crippen molar-refractivity contribution < 1.29 is 14.2 Å². The van der Waals surface area contributed by atoms with Gasteiger partial charge in [-0.3, -0.25) is 0 Å². The lowest BCUT2D eigenvalue weighted by Gasteiger charge is -2.11. The van der Waals surface area contributed by atoms with E-state index in [1.54, 1.807) is 28.8 Å². The van der Waals surface area contributed by atoms with Crippen molar-refractivity contribution in [3.8, 4) is 11.6 Å². The Morgan fingerprint density at radius 2 is 1.91 bits per heavy atom. The molecule has 0 saturated carbocycles. The number of aromatic hydroxyl groups is 1. The van der Waals surface area contributed by atoms with Crippen molar-refractivity contribution in [2.75, 3.05) is 12.4 Å². The summed E-state index contributed by atoms with van der Waals surface area (Å²) in [6.07, 6.45) is 0. The number of hydrogen-bond acceptors (Lipinski definition) is 4. The minimum Gasteiger partial charge on any atom is -0.495 e. The lowest BCUT2D eigenvalue weighted by Crippen LogP contribution is -2.06. The summed E-state index contributed by atoms with van der Waals surface area (Å²) in [5.41, 5.74) is 3.34. The Labute approximate surface area is 200 Å². The first-order chi connectivity index (χ1) is 15.9. The number of hydrogen-bond donors (Lipinski definition) is 2. The van der Waals surface area contributed by atoms with Crippen LogP contribution >= 0.6 is 23.8 Å². The van der Waals surface area contributed by atoms with Crippen molar-refractivity contribution in [2.45, 2.75) is 13.5 Å². The van der Waals surface area contributed by atoms with Gasteiger partial charge in [0.05, 0.1) is 24.9 Å². The third-order valence-electron chi connectivity index (χ3n) is 5.13. The van der Waals surface area contributed by atoms with Gasteiger partial charge in [-0.15, -0.1) is 10.2 Å². The summed E-state index contributed by atoms with van der Waals surface area (Å²) >= 11 is 11.5. The Balaban J connectivity index is 1.64. The predicted octanol–water partition coefficient (Wildman–Crippen LogP) is 6.99. The zero-order valence-corrected chi connectivity index (χ0v) is 19.4. The number of aryl methyl sites for hydroxylation is 1. The van der Waals surface area contributed by atoms with Crippen molar-refractivity contribution in [1.29, 1.82) is 0 Å². The van der Waals surface area contributed by atoms with Crippen molar-refractivity contribution in [3.05, 3.63) is 82.6 Å². The molecular formula is C24H20ClFN4O2S. The molecule has 0 fully saturated rings. The molecule has 0 unspecified atom stereocenters. The maximum Gasteiger partial charge on any atom is 0.221 e. The SMILES string of the molecule is COc1cc(Cl)c(C)cc1NC(=S)N=Nc1c(O)n(Cc2ccc(F)cc2)c2ccccc12. The van der Waals surface area contributed by atoms with E-state index in [0.29, 0.717) is 28.4 Å². The second kappa shape index (κ2) is 9.56. The number of nitrogens with one attached hydrogen (secondary N) is 1. The molecule has 0 amide bonds. The normalized spacial score (nSPS) is 11.3. The van der Waals surface area contributed by atoms with Gasteiger partial charge in [0.25, 0.3) is 0 Å². The number of methoxy groups -OCH3 is 1. The van der Waals surface area contributed by atoms with E-state index in [0.717, 1.165) is 16.6 Å². The van der Waals surface area contributed by atoms with E-state index >= 15 is 0 Å². The maximum absolute atomic E-state index is 13.3. The molecule has 33 heavy (non-hydrogen) atoms. The number of fused-ring (bicyclic) bond motifs is 1. The molecule has 0 spiro atoms. The average molecular weight is 483 g/mol. The fraction of sp³-hybridized carbons (Fsp3) is 0.125. The molecule has 3 aromatic carbocycles. The van der Waals surface area contributed by atoms with Crippen molar-refractivity contribution in [1.82, 2.24) is 4.57 Å². The molecule has 0 atom stereocenters. The topological polar surface area (TPSA) is 71.1 Å². The van der Waals surface area contributed by atoms with Gasteiger partial charge in [0, 0.05) is 16.5 Å². The van der Waals surface area contributed by atoms with Crippen LogP contribution in [0.25, 0.3) is 10.9 Å². The number of para-hydroxylation sites is 1. The number of ether oxygens (including phenoxy) is 1. The highest BCUT2D eigenvalue weighted by atomic mass is 35.5. The summed E-state index contributed by atoms with van der Waals surface area (Å²) < 4.78 is 20.3. The van der Waals surface area contributed by atoms with Crippen LogP contribution in [-0.2, 0) is 6.54 Å². The maximum atomic E-state index is 13.3. The predicted molar refractivity (Wildman–Crippen MR) is 133 cm³/mol. The number of halogens is 2. The highest BCUT2D eigenvalue weighted by Crippen LogP contribution is 2.39.